The van der Waals surface area contributed by atoms with Gasteiger partial charge < -0.3 is 19.8 Å². The number of ether oxygens (including phenoxy) is 1. The van der Waals surface area contributed by atoms with Crippen LogP contribution in [0, 0.1) is 10.1 Å². The Hall–Kier alpha value is -3.72. The number of β-amino-alcohol motifs (C(OH)–C–C–N with tert-alkyl or cyclic N) is 1. The summed E-state index contributed by atoms with van der Waals surface area (Å²) in [5, 5.41) is 31.0. The molecule has 0 saturated carbocycles. The molecule has 2 aromatic rings. The topological polar surface area (TPSA) is 130 Å². The van der Waals surface area contributed by atoms with Crippen LogP contribution < -0.4 is 4.74 Å². The number of likely N-dealkylation sites (tertiary alicyclic amines) is 1. The molecule has 0 spiro atoms. The fourth-order valence-electron chi connectivity index (χ4n) is 3.25. The van der Waals surface area contributed by atoms with E-state index in [4.69, 9.17) is 4.74 Å². The van der Waals surface area contributed by atoms with E-state index in [9.17, 15) is 29.9 Å². The quantitative estimate of drug-likeness (QED) is 0.250. The molecule has 2 N–H and O–H groups in total. The van der Waals surface area contributed by atoms with E-state index in [-0.39, 0.29) is 30.2 Å². The summed E-state index contributed by atoms with van der Waals surface area (Å²) in [4.78, 5) is 36.6. The van der Waals surface area contributed by atoms with Crippen LogP contribution in [0.25, 0.3) is 5.76 Å². The molecule has 0 unspecified atom stereocenters. The van der Waals surface area contributed by atoms with E-state index in [1.807, 2.05) is 0 Å². The van der Waals surface area contributed by atoms with Gasteiger partial charge in [0.25, 0.3) is 17.4 Å². The number of non-ortho nitro benzene ring substituents is 1. The first-order valence-corrected chi connectivity index (χ1v) is 8.67. The zero-order valence-corrected chi connectivity index (χ0v) is 15.4. The summed E-state index contributed by atoms with van der Waals surface area (Å²) in [6.45, 7) is -0.523. The van der Waals surface area contributed by atoms with Crippen LogP contribution in [0.1, 0.15) is 17.2 Å². The van der Waals surface area contributed by atoms with Gasteiger partial charge in [0.15, 0.2) is 0 Å². The number of hydrogen-bond acceptors (Lipinski definition) is 7. The number of Topliss-reactive ketones (excluding diaryl/α,β-unsaturated/α-hetero) is 1. The second-order valence-corrected chi connectivity index (χ2v) is 6.29. The Morgan fingerprint density at radius 2 is 1.76 bits per heavy atom. The SMILES string of the molecule is COc1ccc(C(O)=C2C(=O)C(=O)N(CCO)[C@H]2c2ccc([N+](=O)[O-])cc2)cc1. The van der Waals surface area contributed by atoms with Crippen molar-refractivity contribution >= 4 is 23.1 Å². The molecule has 9 nitrogen and oxygen atoms in total. The molecule has 0 bridgehead atoms. The number of aliphatic hydroxyl groups excluding tert-OH is 2. The first kappa shape index (κ1) is 20.0. The molecule has 1 heterocycles. The van der Waals surface area contributed by atoms with Gasteiger partial charge in [-0.1, -0.05) is 0 Å². The number of benzene rings is 2. The van der Waals surface area contributed by atoms with Crippen LogP contribution in [-0.4, -0.2) is 52.0 Å². The van der Waals surface area contributed by atoms with Crippen LogP contribution in [-0.2, 0) is 9.59 Å². The monoisotopic (exact) mass is 398 g/mol. The van der Waals surface area contributed by atoms with Crippen LogP contribution in [0.5, 0.6) is 5.75 Å². The maximum atomic E-state index is 12.7. The largest absolute Gasteiger partial charge is 0.507 e. The molecule has 0 aromatic heterocycles. The van der Waals surface area contributed by atoms with Crippen LogP contribution in [0.3, 0.4) is 0 Å². The Labute approximate surface area is 165 Å². The predicted molar refractivity (Wildman–Crippen MR) is 102 cm³/mol. The molecule has 0 radical (unpaired) electrons. The van der Waals surface area contributed by atoms with Gasteiger partial charge in [0.1, 0.15) is 11.5 Å². The van der Waals surface area contributed by atoms with E-state index in [0.29, 0.717) is 16.9 Å². The molecule has 29 heavy (non-hydrogen) atoms. The number of aliphatic hydroxyl groups is 2. The van der Waals surface area contributed by atoms with Gasteiger partial charge in [0, 0.05) is 24.2 Å². The van der Waals surface area contributed by atoms with E-state index in [2.05, 4.69) is 0 Å². The number of methoxy groups -OCH3 is 1. The minimum Gasteiger partial charge on any atom is -0.507 e. The minimum atomic E-state index is -0.981. The lowest BCUT2D eigenvalue weighted by Gasteiger charge is -2.24. The molecule has 1 aliphatic rings. The van der Waals surface area contributed by atoms with Gasteiger partial charge in [-0.3, -0.25) is 19.7 Å². The normalized spacial score (nSPS) is 18.1. The molecule has 1 aliphatic heterocycles. The van der Waals surface area contributed by atoms with Crippen LogP contribution >= 0.6 is 0 Å². The second kappa shape index (κ2) is 8.11. The minimum absolute atomic E-state index is 0.133. The number of carbonyl (C=O) groups is 2. The summed E-state index contributed by atoms with van der Waals surface area (Å²) in [5.41, 5.74) is 0.406. The number of nitro groups is 1. The summed E-state index contributed by atoms with van der Waals surface area (Å²) in [5.74, 6) is -1.59. The Kier molecular flexibility index (Phi) is 5.60. The lowest BCUT2D eigenvalue weighted by molar-refractivity contribution is -0.384. The van der Waals surface area contributed by atoms with Gasteiger partial charge in [0.2, 0.25) is 0 Å². The van der Waals surface area contributed by atoms with E-state index in [0.717, 1.165) is 4.90 Å². The van der Waals surface area contributed by atoms with Crippen molar-refractivity contribution in [2.24, 2.45) is 0 Å². The standard InChI is InChI=1S/C20H18N2O7/c1-29-15-8-4-13(5-9-15)18(24)16-17(21(10-11-23)20(26)19(16)25)12-2-6-14(7-3-12)22(27)28/h2-9,17,23-24H,10-11H2,1H3/t17-/m0/s1. The highest BCUT2D eigenvalue weighted by molar-refractivity contribution is 6.46. The molecular formula is C20H18N2O7. The van der Waals surface area contributed by atoms with E-state index < -0.39 is 22.7 Å². The molecule has 150 valence electrons. The number of ketones is 1. The molecule has 3 rings (SSSR count). The molecule has 1 amide bonds. The number of hydrogen-bond donors (Lipinski definition) is 2. The van der Waals surface area contributed by atoms with Crippen molar-refractivity contribution in [2.45, 2.75) is 6.04 Å². The van der Waals surface area contributed by atoms with Crippen molar-refractivity contribution in [3.63, 3.8) is 0 Å². The van der Waals surface area contributed by atoms with Gasteiger partial charge in [-0.15, -0.1) is 0 Å². The van der Waals surface area contributed by atoms with Crippen LogP contribution in [0.2, 0.25) is 0 Å². The van der Waals surface area contributed by atoms with E-state index in [1.165, 1.54) is 31.4 Å². The van der Waals surface area contributed by atoms with Gasteiger partial charge in [-0.2, -0.15) is 0 Å². The summed E-state index contributed by atoms with van der Waals surface area (Å²) < 4.78 is 5.07. The predicted octanol–water partition coefficient (Wildman–Crippen LogP) is 2.02. The summed E-state index contributed by atoms with van der Waals surface area (Å²) in [6.07, 6.45) is 0. The zero-order valence-electron chi connectivity index (χ0n) is 15.4. The second-order valence-electron chi connectivity index (χ2n) is 6.29. The smallest absolute Gasteiger partial charge is 0.295 e. The number of amides is 1. The van der Waals surface area contributed by atoms with Crippen LogP contribution in [0.4, 0.5) is 5.69 Å². The summed E-state index contributed by atoms with van der Waals surface area (Å²) in [7, 11) is 1.49. The number of rotatable bonds is 6. The van der Waals surface area contributed by atoms with E-state index >= 15 is 0 Å². The zero-order chi connectivity index (χ0) is 21.1. The van der Waals surface area contributed by atoms with Crippen molar-refractivity contribution in [1.82, 2.24) is 4.90 Å². The highest BCUT2D eigenvalue weighted by Gasteiger charge is 2.45. The molecule has 0 aliphatic carbocycles. The van der Waals surface area contributed by atoms with Crippen LogP contribution in [0.15, 0.2) is 54.1 Å². The molecule has 2 aromatic carbocycles. The highest BCUT2D eigenvalue weighted by atomic mass is 16.6. The Morgan fingerprint density at radius 1 is 1.14 bits per heavy atom. The average molecular weight is 398 g/mol. The van der Waals surface area contributed by atoms with Gasteiger partial charge in [0.05, 0.1) is 30.3 Å². The molecule has 9 heteroatoms. The lowest BCUT2D eigenvalue weighted by Crippen LogP contribution is -2.32. The fraction of sp³-hybridized carbons (Fsp3) is 0.200. The maximum absolute atomic E-state index is 12.7. The van der Waals surface area contributed by atoms with Crippen molar-refractivity contribution in [3.05, 3.63) is 75.3 Å². The number of nitro benzene ring substituents is 1. The molecule has 1 saturated heterocycles. The maximum Gasteiger partial charge on any atom is 0.295 e. The van der Waals surface area contributed by atoms with Crippen molar-refractivity contribution in [1.29, 1.82) is 0 Å². The third-order valence-corrected chi connectivity index (χ3v) is 4.66. The molecule has 1 atom stereocenters. The highest BCUT2D eigenvalue weighted by Crippen LogP contribution is 2.39. The van der Waals surface area contributed by atoms with Gasteiger partial charge in [-0.25, -0.2) is 0 Å². The molecule has 1 fully saturated rings. The number of carbonyl (C=O) groups excluding carboxylic acids is 2. The first-order valence-electron chi connectivity index (χ1n) is 8.67. The Balaban J connectivity index is 2.14. The van der Waals surface area contributed by atoms with Crippen molar-refractivity contribution in [3.8, 4) is 5.75 Å². The van der Waals surface area contributed by atoms with Crippen molar-refractivity contribution in [2.75, 3.05) is 20.3 Å². The van der Waals surface area contributed by atoms with Crippen molar-refractivity contribution < 1.29 is 29.5 Å². The first-order chi connectivity index (χ1) is 13.9. The van der Waals surface area contributed by atoms with Gasteiger partial charge >= 0.3 is 0 Å². The fourth-order valence-corrected chi connectivity index (χ4v) is 3.25. The van der Waals surface area contributed by atoms with E-state index in [1.54, 1.807) is 24.3 Å². The Bertz CT molecular complexity index is 981. The third kappa shape index (κ3) is 3.67. The summed E-state index contributed by atoms with van der Waals surface area (Å²) in [6, 6.07) is 10.6. The van der Waals surface area contributed by atoms with Gasteiger partial charge in [-0.05, 0) is 42.0 Å². The summed E-state index contributed by atoms with van der Waals surface area (Å²) >= 11 is 0. The molecular weight excluding hydrogens is 380 g/mol. The third-order valence-electron chi connectivity index (χ3n) is 4.66. The average Bonchev–Trinajstić information content (AvgIpc) is 2.98. The number of nitrogens with zero attached hydrogens (tertiary/aromatic N) is 2. The lowest BCUT2D eigenvalue weighted by atomic mass is 9.95. The Morgan fingerprint density at radius 3 is 2.28 bits per heavy atom.